The van der Waals surface area contributed by atoms with E-state index in [1.54, 1.807) is 6.07 Å². The number of thiophene rings is 1. The predicted octanol–water partition coefficient (Wildman–Crippen LogP) is 2.31. The quantitative estimate of drug-likeness (QED) is 0.657. The fraction of sp³-hybridized carbons (Fsp3) is 0.667. The molecular weight excluding hydrogens is 252 g/mol. The minimum Gasteiger partial charge on any atom is -0.376 e. The van der Waals surface area contributed by atoms with Gasteiger partial charge in [-0.1, -0.05) is 11.3 Å². The third kappa shape index (κ3) is 2.55. The van der Waals surface area contributed by atoms with Crippen molar-refractivity contribution in [1.82, 2.24) is 5.32 Å². The molecule has 0 spiro atoms. The minimum absolute atomic E-state index is 0.216. The van der Waals surface area contributed by atoms with Crippen molar-refractivity contribution < 1.29 is 9.66 Å². The molecule has 2 unspecified atom stereocenters. The van der Waals surface area contributed by atoms with Crippen LogP contribution < -0.4 is 5.32 Å². The van der Waals surface area contributed by atoms with Crippen molar-refractivity contribution in [1.29, 1.82) is 0 Å². The molecule has 6 heteroatoms. The summed E-state index contributed by atoms with van der Waals surface area (Å²) in [6.07, 6.45) is 3.98. The molecule has 3 rings (SSSR count). The lowest BCUT2D eigenvalue weighted by Crippen LogP contribution is -2.36. The van der Waals surface area contributed by atoms with Crippen LogP contribution in [0, 0.1) is 16.0 Å². The molecule has 1 aromatic heterocycles. The minimum atomic E-state index is -0.333. The second-order valence-electron chi connectivity index (χ2n) is 4.95. The molecule has 1 N–H and O–H groups in total. The maximum atomic E-state index is 10.6. The van der Waals surface area contributed by atoms with Gasteiger partial charge in [0.05, 0.1) is 11.0 Å². The molecule has 1 aliphatic carbocycles. The molecule has 2 heterocycles. The van der Waals surface area contributed by atoms with Gasteiger partial charge in [0.2, 0.25) is 0 Å². The van der Waals surface area contributed by atoms with Crippen LogP contribution in [0.25, 0.3) is 0 Å². The van der Waals surface area contributed by atoms with Crippen molar-refractivity contribution >= 4 is 16.3 Å². The lowest BCUT2D eigenvalue weighted by molar-refractivity contribution is -0.380. The molecule has 2 aliphatic rings. The van der Waals surface area contributed by atoms with E-state index < -0.39 is 0 Å². The van der Waals surface area contributed by atoms with E-state index in [1.807, 2.05) is 6.07 Å². The van der Waals surface area contributed by atoms with E-state index in [0.717, 1.165) is 23.8 Å². The van der Waals surface area contributed by atoms with Crippen molar-refractivity contribution in [2.24, 2.45) is 5.92 Å². The van der Waals surface area contributed by atoms with Crippen LogP contribution in [0.4, 0.5) is 5.00 Å². The van der Waals surface area contributed by atoms with Crippen molar-refractivity contribution in [2.45, 2.75) is 38.0 Å². The molecule has 2 atom stereocenters. The van der Waals surface area contributed by atoms with Gasteiger partial charge in [0.1, 0.15) is 0 Å². The van der Waals surface area contributed by atoms with Gasteiger partial charge in [-0.25, -0.2) is 0 Å². The first-order valence-electron chi connectivity index (χ1n) is 6.32. The van der Waals surface area contributed by atoms with E-state index in [2.05, 4.69) is 5.32 Å². The lowest BCUT2D eigenvalue weighted by Gasteiger charge is -2.18. The molecule has 1 saturated carbocycles. The summed E-state index contributed by atoms with van der Waals surface area (Å²) in [6.45, 7) is 1.54. The number of nitrogens with zero attached hydrogens (tertiary/aromatic N) is 1. The summed E-state index contributed by atoms with van der Waals surface area (Å²) >= 11 is 1.25. The van der Waals surface area contributed by atoms with E-state index in [1.165, 1.54) is 24.2 Å². The van der Waals surface area contributed by atoms with Gasteiger partial charge >= 0.3 is 5.00 Å². The van der Waals surface area contributed by atoms with Crippen LogP contribution in [0.2, 0.25) is 0 Å². The first kappa shape index (κ1) is 12.1. The van der Waals surface area contributed by atoms with E-state index in [4.69, 9.17) is 4.74 Å². The standard InChI is InChI=1S/C12H16N2O3S/c15-14(16)11-4-3-9(18-11)7-13-10-5-6-17-12(10)8-1-2-8/h3-4,8,10,12-13H,1-2,5-7H2. The Morgan fingerprint density at radius 3 is 2.94 bits per heavy atom. The maximum Gasteiger partial charge on any atom is 0.324 e. The Kier molecular flexibility index (Phi) is 3.32. The Morgan fingerprint density at radius 1 is 1.44 bits per heavy atom. The van der Waals surface area contributed by atoms with Crippen molar-refractivity contribution in [3.63, 3.8) is 0 Å². The van der Waals surface area contributed by atoms with Gasteiger partial charge in [0, 0.05) is 30.1 Å². The van der Waals surface area contributed by atoms with E-state index in [0.29, 0.717) is 18.7 Å². The average molecular weight is 268 g/mol. The number of hydrogen-bond donors (Lipinski definition) is 1. The maximum absolute atomic E-state index is 10.6. The Balaban J connectivity index is 1.55. The van der Waals surface area contributed by atoms with Crippen LogP contribution in [0.5, 0.6) is 0 Å². The van der Waals surface area contributed by atoms with E-state index in [9.17, 15) is 10.1 Å². The first-order chi connectivity index (χ1) is 8.74. The van der Waals surface area contributed by atoms with Crippen molar-refractivity contribution in [3.8, 4) is 0 Å². The van der Waals surface area contributed by atoms with Crippen LogP contribution in [-0.2, 0) is 11.3 Å². The van der Waals surface area contributed by atoms with Gasteiger partial charge in [-0.15, -0.1) is 0 Å². The number of rotatable bonds is 5. The topological polar surface area (TPSA) is 64.4 Å². The fourth-order valence-electron chi connectivity index (χ4n) is 2.51. The van der Waals surface area contributed by atoms with Gasteiger partial charge in [-0.3, -0.25) is 10.1 Å². The number of nitro groups is 1. The normalized spacial score (nSPS) is 27.6. The van der Waals surface area contributed by atoms with Gasteiger partial charge in [0.25, 0.3) is 0 Å². The van der Waals surface area contributed by atoms with Crippen LogP contribution in [-0.4, -0.2) is 23.7 Å². The fourth-order valence-corrected chi connectivity index (χ4v) is 3.28. The smallest absolute Gasteiger partial charge is 0.324 e. The highest BCUT2D eigenvalue weighted by molar-refractivity contribution is 7.15. The SMILES string of the molecule is O=[N+]([O-])c1ccc(CNC2CCOC2C2CC2)s1. The summed E-state index contributed by atoms with van der Waals surface area (Å²) in [7, 11) is 0. The summed E-state index contributed by atoms with van der Waals surface area (Å²) in [5.74, 6) is 0.739. The number of hydrogen-bond acceptors (Lipinski definition) is 5. The summed E-state index contributed by atoms with van der Waals surface area (Å²) in [5, 5.41) is 14.3. The molecule has 0 aromatic carbocycles. The van der Waals surface area contributed by atoms with Crippen LogP contribution in [0.1, 0.15) is 24.1 Å². The Hall–Kier alpha value is -0.980. The number of nitrogens with one attached hydrogen (secondary N) is 1. The Morgan fingerprint density at radius 2 is 2.28 bits per heavy atom. The van der Waals surface area contributed by atoms with Crippen LogP contribution in [0.15, 0.2) is 12.1 Å². The van der Waals surface area contributed by atoms with Gasteiger partial charge in [-0.2, -0.15) is 0 Å². The first-order valence-corrected chi connectivity index (χ1v) is 7.14. The highest BCUT2D eigenvalue weighted by atomic mass is 32.1. The third-order valence-corrected chi connectivity index (χ3v) is 4.63. The molecule has 98 valence electrons. The summed E-state index contributed by atoms with van der Waals surface area (Å²) in [6, 6.07) is 3.82. The van der Waals surface area contributed by atoms with E-state index >= 15 is 0 Å². The molecule has 18 heavy (non-hydrogen) atoms. The van der Waals surface area contributed by atoms with Gasteiger partial charge in [0.15, 0.2) is 0 Å². The second kappa shape index (κ2) is 4.95. The highest BCUT2D eigenvalue weighted by Crippen LogP contribution is 2.38. The van der Waals surface area contributed by atoms with E-state index in [-0.39, 0.29) is 9.92 Å². The molecule has 2 fully saturated rings. The average Bonchev–Trinajstić information content (AvgIpc) is 2.92. The monoisotopic (exact) mass is 268 g/mol. The van der Waals surface area contributed by atoms with Gasteiger partial charge < -0.3 is 10.1 Å². The summed E-state index contributed by atoms with van der Waals surface area (Å²) in [5.41, 5.74) is 0. The molecule has 0 bridgehead atoms. The lowest BCUT2D eigenvalue weighted by atomic mass is 10.1. The van der Waals surface area contributed by atoms with Crippen LogP contribution in [0.3, 0.4) is 0 Å². The third-order valence-electron chi connectivity index (χ3n) is 3.59. The zero-order valence-electron chi connectivity index (χ0n) is 10.0. The van der Waals surface area contributed by atoms with Crippen molar-refractivity contribution in [3.05, 3.63) is 27.1 Å². The van der Waals surface area contributed by atoms with Gasteiger partial charge in [-0.05, 0) is 31.2 Å². The zero-order valence-corrected chi connectivity index (χ0v) is 10.8. The predicted molar refractivity (Wildman–Crippen MR) is 68.7 cm³/mol. The highest BCUT2D eigenvalue weighted by Gasteiger charge is 2.40. The molecule has 1 saturated heterocycles. The Bertz CT molecular complexity index is 444. The summed E-state index contributed by atoms with van der Waals surface area (Å²) in [4.78, 5) is 11.3. The largest absolute Gasteiger partial charge is 0.376 e. The Labute approximate surface area is 109 Å². The molecule has 1 aliphatic heterocycles. The second-order valence-corrected chi connectivity index (χ2v) is 6.09. The molecule has 1 aromatic rings. The number of ether oxygens (including phenoxy) is 1. The molecule has 0 amide bonds. The molecular formula is C12H16N2O3S. The van der Waals surface area contributed by atoms with Crippen LogP contribution >= 0.6 is 11.3 Å². The summed E-state index contributed by atoms with van der Waals surface area (Å²) < 4.78 is 5.75. The van der Waals surface area contributed by atoms with Crippen molar-refractivity contribution in [2.75, 3.05) is 6.61 Å². The molecule has 0 radical (unpaired) electrons. The zero-order chi connectivity index (χ0) is 12.5. The molecule has 5 nitrogen and oxygen atoms in total.